The summed E-state index contributed by atoms with van der Waals surface area (Å²) in [5, 5.41) is 9.60. The standard InChI is InChI=1S/C12H10BrFO4.Li.H/c1-2-18-12(17)11(16)6-10(15)7-3-8(13)5-9(14)4-7;;/h3-6,15H,2H2,1H3;;/q;+1;-1. The summed E-state index contributed by atoms with van der Waals surface area (Å²) in [4.78, 5) is 22.3. The zero-order valence-corrected chi connectivity index (χ0v) is 12.0. The number of aliphatic hydroxyl groups excluding tert-OH is 1. The van der Waals surface area contributed by atoms with E-state index in [0.29, 0.717) is 10.5 Å². The molecule has 0 radical (unpaired) electrons. The Morgan fingerprint density at radius 3 is 2.63 bits per heavy atom. The summed E-state index contributed by atoms with van der Waals surface area (Å²) < 4.78 is 17.9. The number of carbonyl (C=O) groups excluding carboxylic acids is 2. The Kier molecular flexibility index (Phi) is 7.68. The molecule has 1 rings (SSSR count). The van der Waals surface area contributed by atoms with Crippen molar-refractivity contribution in [1.82, 2.24) is 0 Å². The van der Waals surface area contributed by atoms with Crippen molar-refractivity contribution in [3.05, 3.63) is 40.1 Å². The number of halogens is 2. The van der Waals surface area contributed by atoms with E-state index in [-0.39, 0.29) is 32.5 Å². The Hall–Kier alpha value is -1.09. The van der Waals surface area contributed by atoms with Gasteiger partial charge in [-0.3, -0.25) is 4.79 Å². The molecule has 1 aromatic carbocycles. The number of ketones is 1. The van der Waals surface area contributed by atoms with Crippen molar-refractivity contribution in [3.8, 4) is 0 Å². The van der Waals surface area contributed by atoms with E-state index in [0.717, 1.165) is 6.07 Å². The minimum absolute atomic E-state index is 0. The summed E-state index contributed by atoms with van der Waals surface area (Å²) >= 11 is 3.05. The summed E-state index contributed by atoms with van der Waals surface area (Å²) in [5.41, 5.74) is 0.0829. The predicted molar refractivity (Wildman–Crippen MR) is 67.5 cm³/mol. The molecule has 98 valence electrons. The Morgan fingerprint density at radius 1 is 1.47 bits per heavy atom. The molecule has 0 aromatic heterocycles. The first kappa shape index (κ1) is 17.9. The van der Waals surface area contributed by atoms with Crippen LogP contribution in [-0.4, -0.2) is 23.5 Å². The molecule has 0 aliphatic carbocycles. The van der Waals surface area contributed by atoms with Gasteiger partial charge in [0, 0.05) is 16.1 Å². The Balaban J connectivity index is 0. The van der Waals surface area contributed by atoms with Gasteiger partial charge in [-0.2, -0.15) is 0 Å². The molecule has 7 heteroatoms. The summed E-state index contributed by atoms with van der Waals surface area (Å²) in [6.07, 6.45) is 0.694. The molecular formula is C12H11BrFLiO4. The van der Waals surface area contributed by atoms with Crippen molar-refractivity contribution < 1.29 is 44.1 Å². The molecule has 0 bridgehead atoms. The topological polar surface area (TPSA) is 63.6 Å². The van der Waals surface area contributed by atoms with Gasteiger partial charge in [0.1, 0.15) is 11.6 Å². The molecule has 0 unspecified atom stereocenters. The van der Waals surface area contributed by atoms with Crippen LogP contribution in [-0.2, 0) is 14.3 Å². The summed E-state index contributed by atoms with van der Waals surface area (Å²) in [7, 11) is 0. The normalized spacial score (nSPS) is 10.6. The van der Waals surface area contributed by atoms with Crippen LogP contribution in [0.5, 0.6) is 0 Å². The van der Waals surface area contributed by atoms with Crippen LogP contribution >= 0.6 is 15.9 Å². The molecule has 0 aliphatic heterocycles. The average molecular weight is 325 g/mol. The molecule has 0 atom stereocenters. The Morgan fingerprint density at radius 2 is 2.11 bits per heavy atom. The van der Waals surface area contributed by atoms with E-state index in [1.54, 1.807) is 6.92 Å². The second-order valence-corrected chi connectivity index (χ2v) is 4.19. The molecule has 0 saturated carbocycles. The molecule has 0 saturated heterocycles. The zero-order chi connectivity index (χ0) is 13.7. The number of ether oxygens (including phenoxy) is 1. The fraction of sp³-hybridized carbons (Fsp3) is 0.167. The van der Waals surface area contributed by atoms with Crippen molar-refractivity contribution >= 4 is 33.4 Å². The van der Waals surface area contributed by atoms with Crippen LogP contribution in [0.25, 0.3) is 5.76 Å². The Labute approximate surface area is 131 Å². The van der Waals surface area contributed by atoms with Gasteiger partial charge >= 0.3 is 24.8 Å². The first-order chi connectivity index (χ1) is 8.43. The number of aliphatic hydroxyl groups is 1. The molecule has 0 spiro atoms. The van der Waals surface area contributed by atoms with Crippen molar-refractivity contribution in [2.24, 2.45) is 0 Å². The monoisotopic (exact) mass is 324 g/mol. The van der Waals surface area contributed by atoms with E-state index in [9.17, 15) is 19.1 Å². The number of esters is 1. The number of rotatable bonds is 4. The summed E-state index contributed by atoms with van der Waals surface area (Å²) in [6.45, 7) is 1.61. The number of carbonyl (C=O) groups is 2. The van der Waals surface area contributed by atoms with Crippen LogP contribution in [0.1, 0.15) is 13.9 Å². The summed E-state index contributed by atoms with van der Waals surface area (Å²) in [5.74, 6) is -3.16. The van der Waals surface area contributed by atoms with Gasteiger partial charge in [-0.05, 0) is 25.1 Å². The van der Waals surface area contributed by atoms with E-state index in [2.05, 4.69) is 20.7 Å². The average Bonchev–Trinajstić information content (AvgIpc) is 2.27. The molecule has 0 amide bonds. The van der Waals surface area contributed by atoms with Gasteiger partial charge < -0.3 is 11.3 Å². The van der Waals surface area contributed by atoms with Crippen LogP contribution in [0.3, 0.4) is 0 Å². The second-order valence-electron chi connectivity index (χ2n) is 3.27. The first-order valence-electron chi connectivity index (χ1n) is 5.02. The third-order valence-corrected chi connectivity index (χ3v) is 2.36. The fourth-order valence-corrected chi connectivity index (χ4v) is 1.64. The molecule has 0 heterocycles. The van der Waals surface area contributed by atoms with Gasteiger partial charge in [0.25, 0.3) is 5.78 Å². The SMILES string of the molecule is CCOC(=O)C(=O)C=C(O)c1cc(F)cc(Br)c1.[H-].[Li+]. The van der Waals surface area contributed by atoms with E-state index in [1.165, 1.54) is 12.1 Å². The van der Waals surface area contributed by atoms with Crippen molar-refractivity contribution in [2.45, 2.75) is 6.92 Å². The van der Waals surface area contributed by atoms with Crippen LogP contribution < -0.4 is 18.9 Å². The summed E-state index contributed by atoms with van der Waals surface area (Å²) in [6, 6.07) is 3.65. The third kappa shape index (κ3) is 5.60. The maximum Gasteiger partial charge on any atom is 1.00 e. The molecule has 19 heavy (non-hydrogen) atoms. The van der Waals surface area contributed by atoms with E-state index < -0.39 is 23.3 Å². The van der Waals surface area contributed by atoms with Crippen LogP contribution in [0.2, 0.25) is 0 Å². The van der Waals surface area contributed by atoms with Gasteiger partial charge in [-0.15, -0.1) is 0 Å². The van der Waals surface area contributed by atoms with E-state index in [1.807, 2.05) is 0 Å². The van der Waals surface area contributed by atoms with Gasteiger partial charge in [0.05, 0.1) is 6.61 Å². The minimum atomic E-state index is -1.07. The van der Waals surface area contributed by atoms with Crippen molar-refractivity contribution in [2.75, 3.05) is 6.61 Å². The van der Waals surface area contributed by atoms with Crippen LogP contribution in [0.4, 0.5) is 4.39 Å². The van der Waals surface area contributed by atoms with Crippen molar-refractivity contribution in [3.63, 3.8) is 0 Å². The Bertz CT molecular complexity index is 502. The zero-order valence-electron chi connectivity index (χ0n) is 11.4. The minimum Gasteiger partial charge on any atom is -1.00 e. The number of hydrogen-bond donors (Lipinski definition) is 1. The number of hydrogen-bond acceptors (Lipinski definition) is 4. The van der Waals surface area contributed by atoms with Crippen LogP contribution in [0, 0.1) is 5.82 Å². The first-order valence-corrected chi connectivity index (χ1v) is 5.81. The molecule has 0 aliphatic rings. The molecule has 0 fully saturated rings. The van der Waals surface area contributed by atoms with Crippen LogP contribution in [0.15, 0.2) is 28.7 Å². The number of benzene rings is 1. The van der Waals surface area contributed by atoms with Gasteiger partial charge in [0.15, 0.2) is 0 Å². The second kappa shape index (κ2) is 8.15. The molecular weight excluding hydrogens is 314 g/mol. The molecule has 4 nitrogen and oxygen atoms in total. The fourth-order valence-electron chi connectivity index (χ4n) is 1.17. The van der Waals surface area contributed by atoms with E-state index >= 15 is 0 Å². The maximum absolute atomic E-state index is 13.1. The van der Waals surface area contributed by atoms with Gasteiger partial charge in [-0.1, -0.05) is 15.9 Å². The third-order valence-electron chi connectivity index (χ3n) is 1.90. The van der Waals surface area contributed by atoms with Gasteiger partial charge in [0.2, 0.25) is 0 Å². The van der Waals surface area contributed by atoms with E-state index in [4.69, 9.17) is 0 Å². The van der Waals surface area contributed by atoms with Crippen molar-refractivity contribution in [1.29, 1.82) is 0 Å². The smallest absolute Gasteiger partial charge is 1.00 e. The molecule has 1 N–H and O–H groups in total. The predicted octanol–water partition coefficient (Wildman–Crippen LogP) is -0.264. The quantitative estimate of drug-likeness (QED) is 0.272. The largest absolute Gasteiger partial charge is 1.00 e. The maximum atomic E-state index is 13.1. The molecule has 1 aromatic rings. The van der Waals surface area contributed by atoms with Gasteiger partial charge in [-0.25, -0.2) is 9.18 Å².